The number of anilines is 3. The van der Waals surface area contributed by atoms with E-state index in [0.29, 0.717) is 17.5 Å². The van der Waals surface area contributed by atoms with E-state index in [-0.39, 0.29) is 12.2 Å². The number of rotatable bonds is 6. The Morgan fingerprint density at radius 1 is 1.29 bits per heavy atom. The number of carbonyl (C=O) groups is 1. The lowest BCUT2D eigenvalue weighted by Gasteiger charge is -2.08. The highest BCUT2D eigenvalue weighted by Crippen LogP contribution is 2.17. The van der Waals surface area contributed by atoms with Gasteiger partial charge in [-0.1, -0.05) is 18.2 Å². The van der Waals surface area contributed by atoms with Crippen molar-refractivity contribution in [3.8, 4) is 6.07 Å². The van der Waals surface area contributed by atoms with Crippen LogP contribution in [-0.4, -0.2) is 22.5 Å². The molecule has 0 bridgehead atoms. The number of para-hydroxylation sites is 1. The summed E-state index contributed by atoms with van der Waals surface area (Å²) in [6.07, 6.45) is 1.27. The van der Waals surface area contributed by atoms with Gasteiger partial charge in [0, 0.05) is 18.0 Å². The molecule has 0 aliphatic rings. The number of nitrogens with one attached hydrogen (secondary N) is 2. The molecule has 0 spiro atoms. The average molecular weight is 323 g/mol. The summed E-state index contributed by atoms with van der Waals surface area (Å²) in [5, 5.41) is 15.0. The number of hydrogen-bond acceptors (Lipinski definition) is 7. The highest BCUT2D eigenvalue weighted by atomic mass is 16.5. The van der Waals surface area contributed by atoms with E-state index in [0.717, 1.165) is 5.69 Å². The summed E-state index contributed by atoms with van der Waals surface area (Å²) in [7, 11) is 0. The minimum absolute atomic E-state index is 0.134. The van der Waals surface area contributed by atoms with E-state index in [2.05, 4.69) is 20.6 Å². The SMILES string of the molecule is CCOC(=O)/C(C#N)=C/Nc1cc(Nc2ccccc2)nc(C)n1. The van der Waals surface area contributed by atoms with Gasteiger partial charge in [-0.05, 0) is 26.0 Å². The van der Waals surface area contributed by atoms with Crippen LogP contribution in [0.2, 0.25) is 0 Å². The van der Waals surface area contributed by atoms with Gasteiger partial charge >= 0.3 is 5.97 Å². The summed E-state index contributed by atoms with van der Waals surface area (Å²) >= 11 is 0. The monoisotopic (exact) mass is 323 g/mol. The minimum atomic E-state index is -0.680. The lowest BCUT2D eigenvalue weighted by molar-refractivity contribution is -0.138. The van der Waals surface area contributed by atoms with Crippen molar-refractivity contribution in [3.05, 3.63) is 54.0 Å². The van der Waals surface area contributed by atoms with Gasteiger partial charge in [-0.3, -0.25) is 0 Å². The molecule has 1 aromatic carbocycles. The number of hydrogen-bond donors (Lipinski definition) is 2. The zero-order chi connectivity index (χ0) is 17.4. The molecule has 2 N–H and O–H groups in total. The Morgan fingerprint density at radius 3 is 2.67 bits per heavy atom. The number of ether oxygens (including phenoxy) is 1. The number of esters is 1. The summed E-state index contributed by atoms with van der Waals surface area (Å²) in [4.78, 5) is 20.1. The zero-order valence-electron chi connectivity index (χ0n) is 13.4. The van der Waals surface area contributed by atoms with Crippen molar-refractivity contribution in [1.29, 1.82) is 5.26 Å². The van der Waals surface area contributed by atoms with Gasteiger partial charge in [0.05, 0.1) is 6.61 Å². The van der Waals surface area contributed by atoms with Crippen LogP contribution in [0.15, 0.2) is 48.2 Å². The van der Waals surface area contributed by atoms with Crippen LogP contribution < -0.4 is 10.6 Å². The number of aromatic nitrogens is 2. The first-order valence-corrected chi connectivity index (χ1v) is 7.34. The number of benzene rings is 1. The second kappa shape index (κ2) is 8.29. The van der Waals surface area contributed by atoms with Crippen LogP contribution in [0.5, 0.6) is 0 Å². The lowest BCUT2D eigenvalue weighted by atomic mass is 10.3. The molecule has 0 aliphatic carbocycles. The first-order valence-electron chi connectivity index (χ1n) is 7.34. The van der Waals surface area contributed by atoms with Gasteiger partial charge in [-0.25, -0.2) is 14.8 Å². The standard InChI is InChI=1S/C17H17N5O2/c1-3-24-17(23)13(10-18)11-19-15-9-16(21-12(2)20-15)22-14-7-5-4-6-8-14/h4-9,11H,3H2,1-2H3,(H2,19,20,21,22)/b13-11+. The molecule has 0 saturated heterocycles. The molecule has 1 aromatic heterocycles. The van der Waals surface area contributed by atoms with Crippen molar-refractivity contribution < 1.29 is 9.53 Å². The van der Waals surface area contributed by atoms with Crippen LogP contribution in [0, 0.1) is 18.3 Å². The van der Waals surface area contributed by atoms with Gasteiger partial charge in [0.1, 0.15) is 23.5 Å². The molecule has 122 valence electrons. The van der Waals surface area contributed by atoms with Gasteiger partial charge in [0.2, 0.25) is 0 Å². The molecule has 7 nitrogen and oxygen atoms in total. The van der Waals surface area contributed by atoms with Gasteiger partial charge in [-0.2, -0.15) is 5.26 Å². The Balaban J connectivity index is 2.16. The Kier molecular flexibility index (Phi) is 5.86. The van der Waals surface area contributed by atoms with Crippen LogP contribution in [0.1, 0.15) is 12.7 Å². The molecule has 24 heavy (non-hydrogen) atoms. The van der Waals surface area contributed by atoms with Crippen molar-refractivity contribution in [2.24, 2.45) is 0 Å². The fraction of sp³-hybridized carbons (Fsp3) is 0.176. The smallest absolute Gasteiger partial charge is 0.350 e. The summed E-state index contributed by atoms with van der Waals surface area (Å²) in [5.74, 6) is 0.916. The molecule has 7 heteroatoms. The Bertz CT molecular complexity index is 781. The molecule has 0 radical (unpaired) electrons. The predicted molar refractivity (Wildman–Crippen MR) is 90.4 cm³/mol. The first kappa shape index (κ1) is 17.0. The molecular formula is C17H17N5O2. The quantitative estimate of drug-likeness (QED) is 0.479. The van der Waals surface area contributed by atoms with Crippen molar-refractivity contribution in [3.63, 3.8) is 0 Å². The molecule has 0 fully saturated rings. The van der Waals surface area contributed by atoms with E-state index in [9.17, 15) is 4.79 Å². The van der Waals surface area contributed by atoms with Crippen LogP contribution in [-0.2, 0) is 9.53 Å². The molecule has 0 aliphatic heterocycles. The fourth-order valence-corrected chi connectivity index (χ4v) is 1.87. The van der Waals surface area contributed by atoms with Crippen LogP contribution in [0.25, 0.3) is 0 Å². The molecule has 0 atom stereocenters. The number of carbonyl (C=O) groups excluding carboxylic acids is 1. The highest BCUT2D eigenvalue weighted by Gasteiger charge is 2.09. The average Bonchev–Trinajstić information content (AvgIpc) is 2.56. The van der Waals surface area contributed by atoms with E-state index in [1.807, 2.05) is 30.3 Å². The van der Waals surface area contributed by atoms with Gasteiger partial charge < -0.3 is 15.4 Å². The normalized spacial score (nSPS) is 10.6. The Labute approximate surface area is 140 Å². The Morgan fingerprint density at radius 2 is 2.00 bits per heavy atom. The third-order valence-electron chi connectivity index (χ3n) is 2.86. The van der Waals surface area contributed by atoms with E-state index in [1.165, 1.54) is 6.20 Å². The summed E-state index contributed by atoms with van der Waals surface area (Å²) in [5.41, 5.74) is 0.756. The van der Waals surface area contributed by atoms with Crippen LogP contribution in [0.3, 0.4) is 0 Å². The maximum Gasteiger partial charge on any atom is 0.350 e. The second-order valence-corrected chi connectivity index (χ2v) is 4.71. The van der Waals surface area contributed by atoms with Crippen molar-refractivity contribution >= 4 is 23.3 Å². The van der Waals surface area contributed by atoms with Gasteiger partial charge in [0.15, 0.2) is 5.57 Å². The molecule has 0 unspecified atom stereocenters. The molecule has 2 aromatic rings. The molecule has 1 heterocycles. The number of nitriles is 1. The van der Waals surface area contributed by atoms with Crippen LogP contribution in [0.4, 0.5) is 17.3 Å². The third-order valence-corrected chi connectivity index (χ3v) is 2.86. The van der Waals surface area contributed by atoms with Gasteiger partial charge in [-0.15, -0.1) is 0 Å². The molecule has 0 saturated carbocycles. The first-order chi connectivity index (χ1) is 11.6. The van der Waals surface area contributed by atoms with E-state index >= 15 is 0 Å². The summed E-state index contributed by atoms with van der Waals surface area (Å²) < 4.78 is 4.79. The number of nitrogens with zero attached hydrogens (tertiary/aromatic N) is 3. The van der Waals surface area contributed by atoms with Crippen molar-refractivity contribution in [2.75, 3.05) is 17.2 Å². The maximum absolute atomic E-state index is 11.6. The third kappa shape index (κ3) is 4.81. The van der Waals surface area contributed by atoms with Gasteiger partial charge in [0.25, 0.3) is 0 Å². The molecular weight excluding hydrogens is 306 g/mol. The van der Waals surface area contributed by atoms with Crippen molar-refractivity contribution in [1.82, 2.24) is 9.97 Å². The Hall–Kier alpha value is -3.40. The topological polar surface area (TPSA) is 99.9 Å². The summed E-state index contributed by atoms with van der Waals surface area (Å²) in [6, 6.07) is 13.1. The number of aryl methyl sites for hydroxylation is 1. The van der Waals surface area contributed by atoms with E-state index in [1.54, 1.807) is 26.0 Å². The van der Waals surface area contributed by atoms with Crippen molar-refractivity contribution in [2.45, 2.75) is 13.8 Å². The minimum Gasteiger partial charge on any atom is -0.462 e. The molecule has 2 rings (SSSR count). The highest BCUT2D eigenvalue weighted by molar-refractivity contribution is 5.93. The summed E-state index contributed by atoms with van der Waals surface area (Å²) in [6.45, 7) is 3.63. The lowest BCUT2D eigenvalue weighted by Crippen LogP contribution is -2.08. The zero-order valence-corrected chi connectivity index (χ0v) is 13.4. The second-order valence-electron chi connectivity index (χ2n) is 4.71. The van der Waals surface area contributed by atoms with E-state index in [4.69, 9.17) is 10.00 Å². The molecule has 0 amide bonds. The predicted octanol–water partition coefficient (Wildman–Crippen LogP) is 2.91. The largest absolute Gasteiger partial charge is 0.462 e. The maximum atomic E-state index is 11.6. The van der Waals surface area contributed by atoms with E-state index < -0.39 is 5.97 Å². The fourth-order valence-electron chi connectivity index (χ4n) is 1.87. The van der Waals surface area contributed by atoms with Crippen LogP contribution >= 0.6 is 0 Å².